The lowest BCUT2D eigenvalue weighted by Gasteiger charge is -2.13. The molecule has 0 amide bonds. The molecule has 0 unspecified atom stereocenters. The minimum atomic E-state index is 0.573. The van der Waals surface area contributed by atoms with Gasteiger partial charge in [0.15, 0.2) is 5.11 Å². The molecule has 0 saturated heterocycles. The highest BCUT2D eigenvalue weighted by Crippen LogP contribution is 2.16. The first-order valence-electron chi connectivity index (χ1n) is 7.91. The van der Waals surface area contributed by atoms with Crippen molar-refractivity contribution in [2.75, 3.05) is 10.6 Å². The van der Waals surface area contributed by atoms with Gasteiger partial charge in [-0.05, 0) is 83.0 Å². The molecule has 0 saturated carbocycles. The molecule has 0 aliphatic carbocycles. The number of hydrogen-bond donors (Lipinski definition) is 2. The third kappa shape index (κ3) is 5.14. The summed E-state index contributed by atoms with van der Waals surface area (Å²) in [4.78, 5) is 0. The van der Waals surface area contributed by atoms with E-state index in [0.717, 1.165) is 21.4 Å². The Hall–Kier alpha value is -2.18. The van der Waals surface area contributed by atoms with Crippen molar-refractivity contribution in [2.24, 2.45) is 0 Å². The quantitative estimate of drug-likeness (QED) is 0.581. The minimum Gasteiger partial charge on any atom is -0.332 e. The molecule has 25 heavy (non-hydrogen) atoms. The van der Waals surface area contributed by atoms with Crippen LogP contribution in [0.4, 0.5) is 11.4 Å². The van der Waals surface area contributed by atoms with Crippen LogP contribution in [0.2, 0.25) is 0 Å². The highest BCUT2D eigenvalue weighted by atomic mass is 79.9. The lowest BCUT2D eigenvalue weighted by molar-refractivity contribution is 0.687. The molecule has 0 spiro atoms. The molecule has 3 rings (SSSR count). The van der Waals surface area contributed by atoms with Gasteiger partial charge in [0.25, 0.3) is 0 Å². The van der Waals surface area contributed by atoms with Gasteiger partial charge in [-0.1, -0.05) is 18.2 Å². The number of hydrogen-bond acceptors (Lipinski definition) is 2. The molecule has 4 nitrogen and oxygen atoms in total. The van der Waals surface area contributed by atoms with Gasteiger partial charge in [0.05, 0.1) is 17.2 Å². The molecular weight excluding hydrogens is 396 g/mol. The second kappa shape index (κ2) is 7.80. The first kappa shape index (κ1) is 17.6. The van der Waals surface area contributed by atoms with Gasteiger partial charge in [0.2, 0.25) is 0 Å². The zero-order valence-electron chi connectivity index (χ0n) is 14.1. The van der Waals surface area contributed by atoms with Crippen molar-refractivity contribution in [3.05, 3.63) is 76.0 Å². The number of anilines is 2. The fourth-order valence-corrected chi connectivity index (χ4v) is 3.26. The molecule has 2 N–H and O–H groups in total. The Morgan fingerprint density at radius 2 is 1.80 bits per heavy atom. The first-order valence-corrected chi connectivity index (χ1v) is 9.11. The average Bonchev–Trinajstić information content (AvgIpc) is 2.91. The Balaban J connectivity index is 1.65. The van der Waals surface area contributed by atoms with Crippen LogP contribution in [0.25, 0.3) is 0 Å². The molecular formula is C19H19BrN4S. The van der Waals surface area contributed by atoms with E-state index in [1.54, 1.807) is 6.20 Å². The van der Waals surface area contributed by atoms with E-state index >= 15 is 0 Å². The molecule has 0 aliphatic rings. The molecule has 3 aromatic rings. The molecule has 6 heteroatoms. The number of nitrogens with zero attached hydrogens (tertiary/aromatic N) is 2. The highest BCUT2D eigenvalue weighted by Gasteiger charge is 2.03. The lowest BCUT2D eigenvalue weighted by Crippen LogP contribution is -2.19. The average molecular weight is 415 g/mol. The van der Waals surface area contributed by atoms with Crippen LogP contribution in [0.1, 0.15) is 16.7 Å². The fourth-order valence-electron chi connectivity index (χ4n) is 2.70. The van der Waals surface area contributed by atoms with Crippen LogP contribution in [0.15, 0.2) is 59.3 Å². The van der Waals surface area contributed by atoms with Crippen LogP contribution < -0.4 is 10.6 Å². The Kier molecular flexibility index (Phi) is 5.50. The van der Waals surface area contributed by atoms with Crippen molar-refractivity contribution in [3.63, 3.8) is 0 Å². The monoisotopic (exact) mass is 414 g/mol. The van der Waals surface area contributed by atoms with E-state index in [1.807, 2.05) is 23.0 Å². The Morgan fingerprint density at radius 3 is 2.48 bits per heavy atom. The van der Waals surface area contributed by atoms with Gasteiger partial charge in [0.1, 0.15) is 0 Å². The Bertz CT molecular complexity index is 884. The third-order valence-electron chi connectivity index (χ3n) is 3.61. The van der Waals surface area contributed by atoms with Crippen LogP contribution >= 0.6 is 28.1 Å². The molecule has 2 aromatic carbocycles. The van der Waals surface area contributed by atoms with Gasteiger partial charge in [0, 0.05) is 17.6 Å². The predicted molar refractivity (Wildman–Crippen MR) is 111 cm³/mol. The van der Waals surface area contributed by atoms with E-state index in [0.29, 0.717) is 11.7 Å². The SMILES string of the molecule is Cc1cc(C)cc(NC(=S)Nc2cccc(Cn3cc(Br)cn3)c2)c1. The second-order valence-electron chi connectivity index (χ2n) is 6.01. The number of rotatable bonds is 4. The van der Waals surface area contributed by atoms with Crippen LogP contribution in [0.3, 0.4) is 0 Å². The predicted octanol–water partition coefficient (Wildman–Crippen LogP) is 5.12. The van der Waals surface area contributed by atoms with Crippen molar-refractivity contribution >= 4 is 44.6 Å². The first-order chi connectivity index (χ1) is 12.0. The molecule has 1 heterocycles. The maximum atomic E-state index is 5.43. The van der Waals surface area contributed by atoms with E-state index in [1.165, 1.54) is 11.1 Å². The number of benzene rings is 2. The maximum absolute atomic E-state index is 5.43. The van der Waals surface area contributed by atoms with Gasteiger partial charge in [-0.3, -0.25) is 4.68 Å². The van der Waals surface area contributed by atoms with Crippen molar-refractivity contribution in [1.82, 2.24) is 9.78 Å². The van der Waals surface area contributed by atoms with Crippen LogP contribution in [0, 0.1) is 13.8 Å². The van der Waals surface area contributed by atoms with E-state index in [-0.39, 0.29) is 0 Å². The molecule has 1 aromatic heterocycles. The summed E-state index contributed by atoms with van der Waals surface area (Å²) in [5.74, 6) is 0. The number of halogens is 1. The molecule has 128 valence electrons. The second-order valence-corrected chi connectivity index (χ2v) is 7.34. The summed E-state index contributed by atoms with van der Waals surface area (Å²) in [6, 6.07) is 14.4. The van der Waals surface area contributed by atoms with E-state index < -0.39 is 0 Å². The van der Waals surface area contributed by atoms with Gasteiger partial charge >= 0.3 is 0 Å². The largest absolute Gasteiger partial charge is 0.332 e. The number of aromatic nitrogens is 2. The number of nitrogens with one attached hydrogen (secondary N) is 2. The molecule has 0 bridgehead atoms. The minimum absolute atomic E-state index is 0.573. The zero-order chi connectivity index (χ0) is 17.8. The van der Waals surface area contributed by atoms with Gasteiger partial charge in [-0.25, -0.2) is 0 Å². The third-order valence-corrected chi connectivity index (χ3v) is 4.22. The summed E-state index contributed by atoms with van der Waals surface area (Å²) in [5.41, 5.74) is 5.50. The van der Waals surface area contributed by atoms with Crippen LogP contribution in [-0.4, -0.2) is 14.9 Å². The van der Waals surface area contributed by atoms with Gasteiger partial charge < -0.3 is 10.6 Å². The maximum Gasteiger partial charge on any atom is 0.175 e. The summed E-state index contributed by atoms with van der Waals surface area (Å²) in [5, 5.41) is 11.3. The van der Waals surface area contributed by atoms with E-state index in [4.69, 9.17) is 12.2 Å². The summed E-state index contributed by atoms with van der Waals surface area (Å²) in [6.45, 7) is 4.86. The summed E-state index contributed by atoms with van der Waals surface area (Å²) in [7, 11) is 0. The van der Waals surface area contributed by atoms with Crippen LogP contribution in [-0.2, 0) is 6.54 Å². The summed E-state index contributed by atoms with van der Waals surface area (Å²) in [6.07, 6.45) is 3.73. The van der Waals surface area contributed by atoms with E-state index in [2.05, 4.69) is 75.8 Å². The fraction of sp³-hybridized carbons (Fsp3) is 0.158. The molecule has 0 radical (unpaired) electrons. The molecule has 0 fully saturated rings. The zero-order valence-corrected chi connectivity index (χ0v) is 16.5. The molecule has 0 aliphatic heterocycles. The lowest BCUT2D eigenvalue weighted by atomic mass is 10.1. The topological polar surface area (TPSA) is 41.9 Å². The highest BCUT2D eigenvalue weighted by molar-refractivity contribution is 9.10. The van der Waals surface area contributed by atoms with Crippen molar-refractivity contribution < 1.29 is 0 Å². The van der Waals surface area contributed by atoms with Crippen molar-refractivity contribution in [1.29, 1.82) is 0 Å². The van der Waals surface area contributed by atoms with E-state index in [9.17, 15) is 0 Å². The normalized spacial score (nSPS) is 10.5. The number of thiocarbonyl (C=S) groups is 1. The van der Waals surface area contributed by atoms with Crippen molar-refractivity contribution in [2.45, 2.75) is 20.4 Å². The van der Waals surface area contributed by atoms with Gasteiger partial charge in [-0.2, -0.15) is 5.10 Å². The van der Waals surface area contributed by atoms with Gasteiger partial charge in [-0.15, -0.1) is 0 Å². The summed E-state index contributed by atoms with van der Waals surface area (Å²) < 4.78 is 2.86. The van der Waals surface area contributed by atoms with Crippen molar-refractivity contribution in [3.8, 4) is 0 Å². The molecule has 0 atom stereocenters. The smallest absolute Gasteiger partial charge is 0.175 e. The van der Waals surface area contributed by atoms with Crippen LogP contribution in [0.5, 0.6) is 0 Å². The Morgan fingerprint density at radius 1 is 1.08 bits per heavy atom. The number of aryl methyl sites for hydroxylation is 2. The Labute approximate surface area is 161 Å². The standard InChI is InChI=1S/C19H19BrN4S/c1-13-6-14(2)8-18(7-13)23-19(25)22-17-5-3-4-15(9-17)11-24-12-16(20)10-21-24/h3-10,12H,11H2,1-2H3,(H2,22,23,25). The summed E-state index contributed by atoms with van der Waals surface area (Å²) >= 11 is 8.85.